The molecule has 0 bridgehead atoms. The van der Waals surface area contributed by atoms with E-state index in [9.17, 15) is 9.59 Å². The van der Waals surface area contributed by atoms with E-state index in [-0.39, 0.29) is 25.2 Å². The third-order valence-electron chi connectivity index (χ3n) is 11.9. The van der Waals surface area contributed by atoms with Crippen molar-refractivity contribution in [3.05, 3.63) is 60.8 Å². The minimum Gasteiger partial charge on any atom is -0.463 e. The molecule has 1 atom stereocenters. The molecule has 0 heterocycles. The molecule has 366 valence electrons. The van der Waals surface area contributed by atoms with Crippen LogP contribution in [0.1, 0.15) is 271 Å². The van der Waals surface area contributed by atoms with Gasteiger partial charge < -0.3 is 14.2 Å². The van der Waals surface area contributed by atoms with Gasteiger partial charge in [0.1, 0.15) is 19.3 Å². The van der Waals surface area contributed by atoms with Gasteiger partial charge in [-0.05, 0) is 57.8 Å². The van der Waals surface area contributed by atoms with Crippen LogP contribution in [0.5, 0.6) is 0 Å². The second-order valence-electron chi connectivity index (χ2n) is 18.1. The summed E-state index contributed by atoms with van der Waals surface area (Å²) in [6, 6.07) is 0. The second kappa shape index (κ2) is 53.9. The molecule has 0 unspecified atom stereocenters. The van der Waals surface area contributed by atoms with Crippen LogP contribution in [0, 0.1) is 0 Å². The maximum absolute atomic E-state index is 12.6. The van der Waals surface area contributed by atoms with E-state index in [1.165, 1.54) is 180 Å². The summed E-state index contributed by atoms with van der Waals surface area (Å²) in [5.41, 5.74) is 0. The molecule has 0 rings (SSSR count). The number of rotatable bonds is 50. The number of esters is 2. The number of unbranched alkanes of at least 4 members (excludes halogenated alkanes) is 29. The van der Waals surface area contributed by atoms with Crippen molar-refractivity contribution in [2.45, 2.75) is 277 Å². The van der Waals surface area contributed by atoms with Gasteiger partial charge in [-0.3, -0.25) is 9.59 Å². The van der Waals surface area contributed by atoms with Gasteiger partial charge in [-0.1, -0.05) is 261 Å². The maximum Gasteiger partial charge on any atom is 0.306 e. The summed E-state index contributed by atoms with van der Waals surface area (Å²) in [7, 11) is 0. The van der Waals surface area contributed by atoms with Gasteiger partial charge in [0.2, 0.25) is 0 Å². The van der Waals surface area contributed by atoms with Crippen LogP contribution in [0.2, 0.25) is 0 Å². The van der Waals surface area contributed by atoms with Gasteiger partial charge in [0.25, 0.3) is 0 Å². The number of hydrogen-bond donors (Lipinski definition) is 0. The van der Waals surface area contributed by atoms with Gasteiger partial charge in [-0.25, -0.2) is 0 Å². The Hall–Kier alpha value is -2.40. The van der Waals surface area contributed by atoms with Crippen molar-refractivity contribution in [1.29, 1.82) is 0 Å². The van der Waals surface area contributed by atoms with Gasteiger partial charge in [0, 0.05) is 19.4 Å². The van der Waals surface area contributed by atoms with Crippen LogP contribution >= 0.6 is 0 Å². The average Bonchev–Trinajstić information content (AvgIpc) is 3.29. The first kappa shape index (κ1) is 60.6. The third-order valence-corrected chi connectivity index (χ3v) is 11.9. The van der Waals surface area contributed by atoms with Crippen LogP contribution in [0.25, 0.3) is 0 Å². The van der Waals surface area contributed by atoms with Crippen molar-refractivity contribution in [2.75, 3.05) is 19.8 Å². The lowest BCUT2D eigenvalue weighted by Gasteiger charge is -2.18. The quantitative estimate of drug-likeness (QED) is 0.0346. The minimum atomic E-state index is -0.427. The predicted octanol–water partition coefficient (Wildman–Crippen LogP) is 18.5. The van der Waals surface area contributed by atoms with E-state index in [2.05, 4.69) is 75.5 Å². The van der Waals surface area contributed by atoms with Crippen molar-refractivity contribution >= 4 is 11.9 Å². The maximum atomic E-state index is 12.6. The Balaban J connectivity index is 4.34. The van der Waals surface area contributed by atoms with Gasteiger partial charge in [0.15, 0.2) is 0 Å². The fourth-order valence-electron chi connectivity index (χ4n) is 7.70. The van der Waals surface area contributed by atoms with Crippen LogP contribution in [-0.4, -0.2) is 37.9 Å². The highest BCUT2D eigenvalue weighted by Crippen LogP contribution is 2.15. The molecule has 0 N–H and O–H groups in total. The van der Waals surface area contributed by atoms with E-state index < -0.39 is 6.10 Å². The molecule has 0 aliphatic rings. The van der Waals surface area contributed by atoms with Crippen molar-refractivity contribution in [2.24, 2.45) is 0 Å². The first-order chi connectivity index (χ1) is 31.1. The monoisotopic (exact) mass is 881 g/mol. The molecular formula is C58H104O5. The smallest absolute Gasteiger partial charge is 0.306 e. The highest BCUT2D eigenvalue weighted by Gasteiger charge is 2.16. The summed E-state index contributed by atoms with van der Waals surface area (Å²) < 4.78 is 17.4. The molecule has 63 heavy (non-hydrogen) atoms. The van der Waals surface area contributed by atoms with Gasteiger partial charge in [-0.15, -0.1) is 0 Å². The Kier molecular flexibility index (Phi) is 51.9. The largest absolute Gasteiger partial charge is 0.463 e. The van der Waals surface area contributed by atoms with E-state index in [1.807, 2.05) is 6.08 Å². The third kappa shape index (κ3) is 52.1. The number of carbonyl (C=O) groups excluding carboxylic acids is 2. The Morgan fingerprint density at radius 2 is 0.635 bits per heavy atom. The van der Waals surface area contributed by atoms with Crippen LogP contribution in [0.4, 0.5) is 0 Å². The Labute approximate surface area is 392 Å². The minimum absolute atomic E-state index is 0.121. The first-order valence-corrected chi connectivity index (χ1v) is 27.3. The van der Waals surface area contributed by atoms with E-state index in [0.29, 0.717) is 25.9 Å². The number of carbonyl (C=O) groups is 2. The lowest BCUT2D eigenvalue weighted by Crippen LogP contribution is -2.29. The number of allylic oxidation sites excluding steroid dienone is 10. The van der Waals surface area contributed by atoms with E-state index in [1.54, 1.807) is 0 Å². The number of ether oxygens (including phenoxy) is 3. The molecule has 0 aliphatic carbocycles. The summed E-state index contributed by atoms with van der Waals surface area (Å²) in [4.78, 5) is 25.2. The molecule has 5 heteroatoms. The fourth-order valence-corrected chi connectivity index (χ4v) is 7.70. The molecule has 0 spiro atoms. The SMILES string of the molecule is CCCCC/C=C\C/C=C\C/C=C\C/C=C\C/C=C\CCC(=O)OC[C@H](COC(=O)CCCCCCCCCCCCCC)OCCCCCCCCCCCCCCCCCC. The van der Waals surface area contributed by atoms with Gasteiger partial charge in [-0.2, -0.15) is 0 Å². The van der Waals surface area contributed by atoms with Crippen LogP contribution < -0.4 is 0 Å². The second-order valence-corrected chi connectivity index (χ2v) is 18.1. The molecule has 0 aromatic carbocycles. The van der Waals surface area contributed by atoms with Gasteiger partial charge >= 0.3 is 11.9 Å². The topological polar surface area (TPSA) is 61.8 Å². The summed E-state index contributed by atoms with van der Waals surface area (Å²) in [6.07, 6.45) is 68.4. The van der Waals surface area contributed by atoms with Crippen molar-refractivity contribution in [3.63, 3.8) is 0 Å². The molecule has 0 fully saturated rings. The molecule has 5 nitrogen and oxygen atoms in total. The molecule has 0 saturated heterocycles. The Morgan fingerprint density at radius 1 is 0.333 bits per heavy atom. The molecule has 0 aromatic rings. The summed E-state index contributed by atoms with van der Waals surface area (Å²) in [5, 5.41) is 0. The van der Waals surface area contributed by atoms with Crippen molar-refractivity contribution in [3.8, 4) is 0 Å². The van der Waals surface area contributed by atoms with E-state index >= 15 is 0 Å². The van der Waals surface area contributed by atoms with Crippen LogP contribution in [-0.2, 0) is 23.8 Å². The summed E-state index contributed by atoms with van der Waals surface area (Å²) in [5.74, 6) is -0.417. The number of hydrogen-bond acceptors (Lipinski definition) is 5. The van der Waals surface area contributed by atoms with Crippen molar-refractivity contribution in [1.82, 2.24) is 0 Å². The van der Waals surface area contributed by atoms with Crippen molar-refractivity contribution < 1.29 is 23.8 Å². The molecule has 0 saturated carbocycles. The Bertz CT molecular complexity index is 1090. The lowest BCUT2D eigenvalue weighted by molar-refractivity contribution is -0.155. The highest BCUT2D eigenvalue weighted by molar-refractivity contribution is 5.70. The zero-order chi connectivity index (χ0) is 45.6. The molecule has 0 aliphatic heterocycles. The summed E-state index contributed by atoms with van der Waals surface area (Å²) >= 11 is 0. The van der Waals surface area contributed by atoms with Gasteiger partial charge in [0.05, 0.1) is 0 Å². The van der Waals surface area contributed by atoms with E-state index in [4.69, 9.17) is 14.2 Å². The predicted molar refractivity (Wildman–Crippen MR) is 274 cm³/mol. The zero-order valence-corrected chi connectivity index (χ0v) is 42.1. The van der Waals surface area contributed by atoms with E-state index in [0.717, 1.165) is 51.4 Å². The molecule has 0 aromatic heterocycles. The average molecular weight is 881 g/mol. The summed E-state index contributed by atoms with van der Waals surface area (Å²) in [6.45, 7) is 7.65. The Morgan fingerprint density at radius 3 is 1.03 bits per heavy atom. The molecule has 0 radical (unpaired) electrons. The highest BCUT2D eigenvalue weighted by atomic mass is 16.6. The first-order valence-electron chi connectivity index (χ1n) is 27.3. The molecule has 0 amide bonds. The fraction of sp³-hybridized carbons (Fsp3) is 0.793. The molecular weight excluding hydrogens is 777 g/mol. The van der Waals surface area contributed by atoms with Crippen LogP contribution in [0.3, 0.4) is 0 Å². The van der Waals surface area contributed by atoms with Crippen LogP contribution in [0.15, 0.2) is 60.8 Å². The lowest BCUT2D eigenvalue weighted by atomic mass is 10.0. The zero-order valence-electron chi connectivity index (χ0n) is 42.1. The standard InChI is InChI=1S/C58H104O5/c1-4-7-10-13-16-19-22-25-27-29-30-31-32-34-37-40-43-46-49-52-58(60)63-55-56(54-62-57(59)51-48-45-42-39-36-24-21-18-15-12-9-6-3)61-53-50-47-44-41-38-35-33-28-26-23-20-17-14-11-8-5-2/h16,19,25,27,30-31,34,37,43,46,56H,4-15,17-18,20-24,26,28-29,32-33,35-36,38-42,44-45,47-55H2,1-3H3/b19-16-,27-25-,31-30-,37-34-,46-43-/t56-/m0/s1. The normalized spacial score (nSPS) is 12.6.